The lowest BCUT2D eigenvalue weighted by Crippen LogP contribution is -2.38. The maximum absolute atomic E-state index is 13.1. The summed E-state index contributed by atoms with van der Waals surface area (Å²) in [5, 5.41) is 9.45. The minimum Gasteiger partial charge on any atom is -0.396 e. The number of nitriles is 1. The monoisotopic (exact) mass is 249 g/mol. The Bertz CT molecular complexity index is 489. The maximum atomic E-state index is 13.1. The van der Waals surface area contributed by atoms with Crippen LogP contribution in [0.1, 0.15) is 17.5 Å². The molecule has 0 fully saturated rings. The number of benzene rings is 1. The van der Waals surface area contributed by atoms with Crippen molar-refractivity contribution in [3.8, 4) is 6.07 Å². The fraction of sp³-hybridized carbons (Fsp3) is 0.462. The molecule has 2 rings (SSSR count). The van der Waals surface area contributed by atoms with E-state index in [4.69, 9.17) is 4.43 Å². The Morgan fingerprint density at radius 2 is 2.12 bits per heavy atom. The van der Waals surface area contributed by atoms with Gasteiger partial charge in [-0.15, -0.1) is 0 Å². The number of hydrogen-bond acceptors (Lipinski definition) is 2. The van der Waals surface area contributed by atoms with E-state index >= 15 is 0 Å². The molecule has 0 N–H and O–H groups in total. The summed E-state index contributed by atoms with van der Waals surface area (Å²) in [5.74, 6) is -0.245. The normalized spacial score (nSPS) is 23.2. The van der Waals surface area contributed by atoms with Crippen LogP contribution in [0.2, 0.25) is 19.6 Å². The van der Waals surface area contributed by atoms with Crippen LogP contribution in [-0.2, 0) is 16.4 Å². The number of halogens is 1. The molecule has 1 aliphatic rings. The molecule has 0 aliphatic heterocycles. The van der Waals surface area contributed by atoms with Crippen molar-refractivity contribution < 1.29 is 8.82 Å². The highest BCUT2D eigenvalue weighted by Crippen LogP contribution is 2.41. The molecule has 1 unspecified atom stereocenters. The Hall–Kier alpha value is -1.18. The molecule has 2 nitrogen and oxygen atoms in total. The van der Waals surface area contributed by atoms with Crippen LogP contribution < -0.4 is 0 Å². The van der Waals surface area contributed by atoms with Crippen molar-refractivity contribution in [2.45, 2.75) is 38.1 Å². The molecule has 4 heteroatoms. The molecule has 0 aromatic heterocycles. The van der Waals surface area contributed by atoms with Crippen molar-refractivity contribution in [2.75, 3.05) is 0 Å². The molecule has 0 amide bonds. The van der Waals surface area contributed by atoms with Gasteiger partial charge in [0, 0.05) is 5.56 Å². The fourth-order valence-electron chi connectivity index (χ4n) is 2.38. The molecule has 0 saturated heterocycles. The quantitative estimate of drug-likeness (QED) is 0.753. The highest BCUT2D eigenvalue weighted by atomic mass is 28.4. The molecular weight excluding hydrogens is 233 g/mol. The van der Waals surface area contributed by atoms with E-state index in [1.807, 2.05) is 0 Å². The lowest BCUT2D eigenvalue weighted by molar-refractivity contribution is 0.121. The number of hydrogen-bond donors (Lipinski definition) is 0. The standard InChI is InChI=1S/C13H16FNOSi/c1-17(2,3)16-13(9-15)7-6-10-8-11(14)4-5-12(10)13/h4-5,8H,6-7H2,1-3H3. The predicted octanol–water partition coefficient (Wildman–Crippen LogP) is 3.34. The van der Waals surface area contributed by atoms with Crippen LogP contribution in [0.4, 0.5) is 4.39 Å². The smallest absolute Gasteiger partial charge is 0.186 e. The molecule has 1 atom stereocenters. The molecule has 1 aromatic carbocycles. The Labute approximate surface area is 102 Å². The molecule has 1 aliphatic carbocycles. The van der Waals surface area contributed by atoms with Gasteiger partial charge in [-0.05, 0) is 50.2 Å². The summed E-state index contributed by atoms with van der Waals surface area (Å²) in [6, 6.07) is 6.92. The van der Waals surface area contributed by atoms with Crippen LogP contribution in [0, 0.1) is 17.1 Å². The second-order valence-electron chi connectivity index (χ2n) is 5.45. The summed E-state index contributed by atoms with van der Waals surface area (Å²) in [6.07, 6.45) is 1.34. The van der Waals surface area contributed by atoms with Crippen LogP contribution in [0.15, 0.2) is 18.2 Å². The van der Waals surface area contributed by atoms with E-state index in [0.29, 0.717) is 12.8 Å². The molecule has 0 radical (unpaired) electrons. The number of fused-ring (bicyclic) bond motifs is 1. The van der Waals surface area contributed by atoms with Crippen LogP contribution >= 0.6 is 0 Å². The molecule has 0 bridgehead atoms. The molecular formula is C13H16FNOSi. The van der Waals surface area contributed by atoms with E-state index < -0.39 is 13.9 Å². The minimum atomic E-state index is -1.81. The first-order valence-corrected chi connectivity index (χ1v) is 9.17. The van der Waals surface area contributed by atoms with Crippen LogP contribution in [-0.4, -0.2) is 8.32 Å². The van der Waals surface area contributed by atoms with Gasteiger partial charge >= 0.3 is 0 Å². The molecule has 0 saturated carbocycles. The first-order chi connectivity index (χ1) is 7.86. The van der Waals surface area contributed by atoms with Crippen molar-refractivity contribution >= 4 is 8.32 Å². The molecule has 90 valence electrons. The largest absolute Gasteiger partial charge is 0.396 e. The van der Waals surface area contributed by atoms with Gasteiger partial charge < -0.3 is 4.43 Å². The van der Waals surface area contributed by atoms with Gasteiger partial charge in [-0.2, -0.15) is 5.26 Å². The second kappa shape index (κ2) is 3.93. The van der Waals surface area contributed by atoms with E-state index in [1.54, 1.807) is 6.07 Å². The number of nitrogens with zero attached hydrogens (tertiary/aromatic N) is 1. The summed E-state index contributed by atoms with van der Waals surface area (Å²) in [4.78, 5) is 0. The van der Waals surface area contributed by atoms with Gasteiger partial charge in [0.15, 0.2) is 13.9 Å². The third-order valence-electron chi connectivity index (χ3n) is 2.91. The fourth-order valence-corrected chi connectivity index (χ4v) is 3.68. The van der Waals surface area contributed by atoms with Gasteiger partial charge in [0.25, 0.3) is 0 Å². The van der Waals surface area contributed by atoms with E-state index in [9.17, 15) is 9.65 Å². The van der Waals surface area contributed by atoms with E-state index in [-0.39, 0.29) is 5.82 Å². The van der Waals surface area contributed by atoms with Gasteiger partial charge in [-0.25, -0.2) is 4.39 Å². The summed E-state index contributed by atoms with van der Waals surface area (Å²) in [7, 11) is -1.81. The summed E-state index contributed by atoms with van der Waals surface area (Å²) >= 11 is 0. The predicted molar refractivity (Wildman–Crippen MR) is 66.4 cm³/mol. The van der Waals surface area contributed by atoms with Gasteiger partial charge in [-0.1, -0.05) is 6.07 Å². The summed E-state index contributed by atoms with van der Waals surface area (Å²) in [6.45, 7) is 6.19. The molecule has 0 spiro atoms. The van der Waals surface area contributed by atoms with E-state index in [2.05, 4.69) is 25.7 Å². The lowest BCUT2D eigenvalue weighted by atomic mass is 9.98. The van der Waals surface area contributed by atoms with Crippen LogP contribution in [0.3, 0.4) is 0 Å². The molecule has 17 heavy (non-hydrogen) atoms. The van der Waals surface area contributed by atoms with Gasteiger partial charge in [-0.3, -0.25) is 0 Å². The Kier molecular flexibility index (Phi) is 2.84. The van der Waals surface area contributed by atoms with Crippen molar-refractivity contribution in [2.24, 2.45) is 0 Å². The highest BCUT2D eigenvalue weighted by molar-refractivity contribution is 6.69. The zero-order valence-electron chi connectivity index (χ0n) is 10.4. The average Bonchev–Trinajstić information content (AvgIpc) is 2.55. The molecule has 1 aromatic rings. The average molecular weight is 249 g/mol. The zero-order chi connectivity index (χ0) is 12.7. The Balaban J connectivity index is 2.45. The van der Waals surface area contributed by atoms with Crippen LogP contribution in [0.5, 0.6) is 0 Å². The Morgan fingerprint density at radius 1 is 1.41 bits per heavy atom. The van der Waals surface area contributed by atoms with Crippen molar-refractivity contribution in [3.05, 3.63) is 35.1 Å². The van der Waals surface area contributed by atoms with Gasteiger partial charge in [0.1, 0.15) is 11.9 Å². The lowest BCUT2D eigenvalue weighted by Gasteiger charge is -2.31. The summed E-state index contributed by atoms with van der Waals surface area (Å²) in [5.41, 5.74) is 0.904. The van der Waals surface area contributed by atoms with E-state index in [1.165, 1.54) is 12.1 Å². The van der Waals surface area contributed by atoms with Gasteiger partial charge in [0.05, 0.1) is 0 Å². The third-order valence-corrected chi connectivity index (χ3v) is 3.87. The summed E-state index contributed by atoms with van der Waals surface area (Å²) < 4.78 is 19.2. The third kappa shape index (κ3) is 2.26. The second-order valence-corrected chi connectivity index (χ2v) is 9.88. The number of rotatable bonds is 2. The first kappa shape index (κ1) is 12.3. The molecule has 0 heterocycles. The van der Waals surface area contributed by atoms with Crippen molar-refractivity contribution in [1.29, 1.82) is 5.26 Å². The SMILES string of the molecule is C[Si](C)(C)OC1(C#N)CCc2cc(F)ccc21. The highest BCUT2D eigenvalue weighted by Gasteiger charge is 2.43. The topological polar surface area (TPSA) is 33.0 Å². The van der Waals surface area contributed by atoms with E-state index in [0.717, 1.165) is 11.1 Å². The van der Waals surface area contributed by atoms with Gasteiger partial charge in [0.2, 0.25) is 0 Å². The van der Waals surface area contributed by atoms with Crippen LogP contribution in [0.25, 0.3) is 0 Å². The Morgan fingerprint density at radius 3 is 2.71 bits per heavy atom. The zero-order valence-corrected chi connectivity index (χ0v) is 11.4. The van der Waals surface area contributed by atoms with Crippen molar-refractivity contribution in [1.82, 2.24) is 0 Å². The maximum Gasteiger partial charge on any atom is 0.186 e. The number of aryl methyl sites for hydroxylation is 1. The van der Waals surface area contributed by atoms with Crippen molar-refractivity contribution in [3.63, 3.8) is 0 Å². The minimum absolute atomic E-state index is 0.245. The first-order valence-electron chi connectivity index (χ1n) is 5.77.